The summed E-state index contributed by atoms with van der Waals surface area (Å²) in [6.07, 6.45) is 0. The normalized spacial score (nSPS) is 10.9. The lowest BCUT2D eigenvalue weighted by Gasteiger charge is -2.19. The molecule has 0 heterocycles. The molecule has 7 nitrogen and oxygen atoms in total. The zero-order chi connectivity index (χ0) is 25.4. The summed E-state index contributed by atoms with van der Waals surface area (Å²) in [7, 11) is 0. The number of benzene rings is 3. The molecule has 0 aliphatic carbocycles. The molecule has 35 heavy (non-hydrogen) atoms. The SMILES string of the molecule is CC(C)(C)c1ccc(NC(=O)CNC(=O)c2ccccc2OCC(=O)Nc2ccc(Cl)cc2)cc1. The minimum Gasteiger partial charge on any atom is -0.483 e. The summed E-state index contributed by atoms with van der Waals surface area (Å²) >= 11 is 5.84. The van der Waals surface area contributed by atoms with Crippen molar-refractivity contribution in [2.75, 3.05) is 23.8 Å². The minimum atomic E-state index is -0.489. The molecule has 3 N–H and O–H groups in total. The minimum absolute atomic E-state index is 0.0164. The van der Waals surface area contributed by atoms with Crippen molar-refractivity contribution in [1.29, 1.82) is 0 Å². The molecule has 0 bridgehead atoms. The lowest BCUT2D eigenvalue weighted by Crippen LogP contribution is -2.33. The molecular weight excluding hydrogens is 466 g/mol. The van der Waals surface area contributed by atoms with Gasteiger partial charge in [0.1, 0.15) is 5.75 Å². The van der Waals surface area contributed by atoms with Gasteiger partial charge in [0.25, 0.3) is 11.8 Å². The van der Waals surface area contributed by atoms with Crippen molar-refractivity contribution in [3.8, 4) is 5.75 Å². The van der Waals surface area contributed by atoms with Crippen LogP contribution in [0.1, 0.15) is 36.7 Å². The lowest BCUT2D eigenvalue weighted by molar-refractivity contribution is -0.118. The van der Waals surface area contributed by atoms with Gasteiger partial charge in [-0.05, 0) is 59.5 Å². The van der Waals surface area contributed by atoms with Crippen LogP contribution in [-0.2, 0) is 15.0 Å². The first-order valence-electron chi connectivity index (χ1n) is 11.1. The topological polar surface area (TPSA) is 96.5 Å². The van der Waals surface area contributed by atoms with Crippen LogP contribution in [0, 0.1) is 0 Å². The van der Waals surface area contributed by atoms with Crippen molar-refractivity contribution < 1.29 is 19.1 Å². The molecule has 0 saturated carbocycles. The predicted molar refractivity (Wildman–Crippen MR) is 138 cm³/mol. The third-order valence-electron chi connectivity index (χ3n) is 5.06. The predicted octanol–water partition coefficient (Wildman–Crippen LogP) is 5.02. The molecule has 3 aromatic rings. The average Bonchev–Trinajstić information content (AvgIpc) is 2.82. The van der Waals surface area contributed by atoms with Gasteiger partial charge >= 0.3 is 0 Å². The van der Waals surface area contributed by atoms with Gasteiger partial charge in [-0.1, -0.05) is 56.6 Å². The van der Waals surface area contributed by atoms with Crippen LogP contribution in [0.5, 0.6) is 5.75 Å². The Morgan fingerprint density at radius 1 is 0.800 bits per heavy atom. The van der Waals surface area contributed by atoms with Crippen LogP contribution in [-0.4, -0.2) is 30.9 Å². The largest absolute Gasteiger partial charge is 0.483 e. The number of carbonyl (C=O) groups excluding carboxylic acids is 3. The quantitative estimate of drug-likeness (QED) is 0.410. The molecule has 3 aromatic carbocycles. The molecule has 0 aromatic heterocycles. The number of hydrogen-bond acceptors (Lipinski definition) is 4. The second kappa shape index (κ2) is 11.5. The summed E-state index contributed by atoms with van der Waals surface area (Å²) in [5.74, 6) is -1.01. The molecule has 0 radical (unpaired) electrons. The molecule has 182 valence electrons. The molecule has 3 rings (SSSR count). The summed E-state index contributed by atoms with van der Waals surface area (Å²) in [5.41, 5.74) is 2.61. The highest BCUT2D eigenvalue weighted by molar-refractivity contribution is 6.30. The van der Waals surface area contributed by atoms with Gasteiger partial charge in [0.2, 0.25) is 5.91 Å². The third-order valence-corrected chi connectivity index (χ3v) is 5.31. The van der Waals surface area contributed by atoms with Crippen LogP contribution in [0.2, 0.25) is 5.02 Å². The zero-order valence-electron chi connectivity index (χ0n) is 19.9. The maximum Gasteiger partial charge on any atom is 0.262 e. The second-order valence-corrected chi connectivity index (χ2v) is 9.33. The summed E-state index contributed by atoms with van der Waals surface area (Å²) in [5, 5.41) is 8.59. The standard InChI is InChI=1S/C27H28ClN3O4/c1-27(2,3)18-8-12-20(13-9-18)30-24(32)16-29-26(34)22-6-4-5-7-23(22)35-17-25(33)31-21-14-10-19(28)11-15-21/h4-15H,16-17H2,1-3H3,(H,29,34)(H,30,32)(H,31,33). The van der Waals surface area contributed by atoms with Gasteiger partial charge in [0.05, 0.1) is 12.1 Å². The van der Waals surface area contributed by atoms with Crippen LogP contribution in [0.4, 0.5) is 11.4 Å². The van der Waals surface area contributed by atoms with E-state index >= 15 is 0 Å². The molecule has 3 amide bonds. The Hall–Kier alpha value is -3.84. The number of rotatable bonds is 8. The number of halogens is 1. The highest BCUT2D eigenvalue weighted by Gasteiger charge is 2.16. The van der Waals surface area contributed by atoms with Crippen molar-refractivity contribution >= 4 is 40.7 Å². The number of amides is 3. The van der Waals surface area contributed by atoms with Crippen molar-refractivity contribution in [2.24, 2.45) is 0 Å². The van der Waals surface area contributed by atoms with E-state index in [1.165, 1.54) is 0 Å². The average molecular weight is 494 g/mol. The number of carbonyl (C=O) groups is 3. The fraction of sp³-hybridized carbons (Fsp3) is 0.222. The molecular formula is C27H28ClN3O4. The van der Waals surface area contributed by atoms with E-state index < -0.39 is 5.91 Å². The Kier molecular flexibility index (Phi) is 8.49. The third kappa shape index (κ3) is 7.86. The highest BCUT2D eigenvalue weighted by Crippen LogP contribution is 2.23. The Morgan fingerprint density at radius 2 is 1.37 bits per heavy atom. The van der Waals surface area contributed by atoms with E-state index in [0.717, 1.165) is 5.56 Å². The number of ether oxygens (including phenoxy) is 1. The summed E-state index contributed by atoms with van der Waals surface area (Å²) < 4.78 is 5.56. The molecule has 0 atom stereocenters. The molecule has 0 aliphatic heterocycles. The fourth-order valence-electron chi connectivity index (χ4n) is 3.17. The van der Waals surface area contributed by atoms with Gasteiger partial charge in [-0.2, -0.15) is 0 Å². The first-order chi connectivity index (χ1) is 16.6. The van der Waals surface area contributed by atoms with Gasteiger partial charge in [0.15, 0.2) is 6.61 Å². The molecule has 8 heteroatoms. The van der Waals surface area contributed by atoms with Crippen LogP contribution in [0.3, 0.4) is 0 Å². The first-order valence-corrected chi connectivity index (χ1v) is 11.5. The van der Waals surface area contributed by atoms with Crippen molar-refractivity contribution in [3.63, 3.8) is 0 Å². The smallest absolute Gasteiger partial charge is 0.262 e. The van der Waals surface area contributed by atoms with E-state index in [1.54, 1.807) is 48.5 Å². The summed E-state index contributed by atoms with van der Waals surface area (Å²) in [6.45, 7) is 5.83. The highest BCUT2D eigenvalue weighted by atomic mass is 35.5. The van der Waals surface area contributed by atoms with E-state index in [9.17, 15) is 14.4 Å². The monoisotopic (exact) mass is 493 g/mol. The lowest BCUT2D eigenvalue weighted by atomic mass is 9.87. The number of para-hydroxylation sites is 1. The second-order valence-electron chi connectivity index (χ2n) is 8.90. The maximum absolute atomic E-state index is 12.7. The number of nitrogens with one attached hydrogen (secondary N) is 3. The maximum atomic E-state index is 12.7. The van der Waals surface area contributed by atoms with Crippen molar-refractivity contribution in [1.82, 2.24) is 5.32 Å². The van der Waals surface area contributed by atoms with Crippen LogP contribution < -0.4 is 20.7 Å². The molecule has 0 fully saturated rings. The van der Waals surface area contributed by atoms with E-state index in [0.29, 0.717) is 16.4 Å². The molecule has 0 spiro atoms. The van der Waals surface area contributed by atoms with Gasteiger partial charge < -0.3 is 20.7 Å². The molecule has 0 saturated heterocycles. The van der Waals surface area contributed by atoms with Crippen LogP contribution in [0.15, 0.2) is 72.8 Å². The van der Waals surface area contributed by atoms with Crippen molar-refractivity contribution in [2.45, 2.75) is 26.2 Å². The van der Waals surface area contributed by atoms with Gasteiger partial charge in [-0.25, -0.2) is 0 Å². The van der Waals surface area contributed by atoms with Gasteiger partial charge in [-0.15, -0.1) is 0 Å². The fourth-order valence-corrected chi connectivity index (χ4v) is 3.29. The summed E-state index contributed by atoms with van der Waals surface area (Å²) in [6, 6.07) is 20.8. The number of hydrogen-bond donors (Lipinski definition) is 3. The summed E-state index contributed by atoms with van der Waals surface area (Å²) in [4.78, 5) is 37.2. The van der Waals surface area contributed by atoms with E-state index in [1.807, 2.05) is 24.3 Å². The van der Waals surface area contributed by atoms with E-state index in [2.05, 4.69) is 36.7 Å². The molecule has 0 aliphatic rings. The van der Waals surface area contributed by atoms with Gasteiger partial charge in [-0.3, -0.25) is 14.4 Å². The Bertz CT molecular complexity index is 1190. The van der Waals surface area contributed by atoms with Gasteiger partial charge in [0, 0.05) is 16.4 Å². The number of anilines is 2. The Morgan fingerprint density at radius 3 is 2.00 bits per heavy atom. The first kappa shape index (κ1) is 25.8. The Balaban J connectivity index is 1.52. The zero-order valence-corrected chi connectivity index (χ0v) is 20.6. The van der Waals surface area contributed by atoms with E-state index in [4.69, 9.17) is 16.3 Å². The Labute approximate surface area is 209 Å². The van der Waals surface area contributed by atoms with Crippen molar-refractivity contribution in [3.05, 3.63) is 88.9 Å². The van der Waals surface area contributed by atoms with E-state index in [-0.39, 0.29) is 41.7 Å². The van der Waals surface area contributed by atoms with Crippen LogP contribution in [0.25, 0.3) is 0 Å². The van der Waals surface area contributed by atoms with Crippen LogP contribution >= 0.6 is 11.6 Å². The molecule has 0 unspecified atom stereocenters.